The zero-order valence-corrected chi connectivity index (χ0v) is 34.4. The summed E-state index contributed by atoms with van der Waals surface area (Å²) < 4.78 is 32.3. The van der Waals surface area contributed by atoms with Gasteiger partial charge >= 0.3 is 0 Å². The first-order valence-corrected chi connectivity index (χ1v) is 23.1. The van der Waals surface area contributed by atoms with E-state index < -0.39 is 68.6 Å². The van der Waals surface area contributed by atoms with Gasteiger partial charge in [-0.15, -0.1) is 0 Å². The van der Waals surface area contributed by atoms with Crippen LogP contribution >= 0.6 is 0 Å². The molecule has 4 aliphatic rings. The molecule has 0 unspecified atom stereocenters. The number of aliphatic hydroxyl groups excluding tert-OH is 1. The number of carbonyl (C=O) groups excluding carboxylic acids is 2. The fraction of sp³-hybridized carbons (Fsp3) is 0.846. The molecule has 48 heavy (non-hydrogen) atoms. The molecule has 0 amide bonds. The van der Waals surface area contributed by atoms with Crippen LogP contribution in [0.2, 0.25) is 33.2 Å². The van der Waals surface area contributed by atoms with Gasteiger partial charge in [-0.05, 0) is 83.9 Å². The molecule has 0 aromatic heterocycles. The number of rotatable bonds is 12. The van der Waals surface area contributed by atoms with Crippen LogP contribution in [0.4, 0.5) is 4.39 Å². The summed E-state index contributed by atoms with van der Waals surface area (Å²) in [6.45, 7) is 29.7. The molecule has 0 saturated heterocycles. The second kappa shape index (κ2) is 13.2. The molecule has 3 saturated carbocycles. The summed E-state index contributed by atoms with van der Waals surface area (Å²) in [5.41, 5.74) is -4.23. The molecule has 4 rings (SSSR count). The van der Waals surface area contributed by atoms with E-state index in [4.69, 9.17) is 8.85 Å². The van der Waals surface area contributed by atoms with Crippen LogP contribution in [0.15, 0.2) is 23.8 Å². The van der Waals surface area contributed by atoms with Gasteiger partial charge in [0.25, 0.3) is 0 Å². The third-order valence-corrected chi connectivity index (χ3v) is 26.6. The number of aliphatic hydroxyl groups is 2. The van der Waals surface area contributed by atoms with Crippen LogP contribution in [0.3, 0.4) is 0 Å². The number of ketones is 2. The fourth-order valence-electron chi connectivity index (χ4n) is 12.3. The maximum Gasteiger partial charge on any atom is 0.200 e. The molecule has 0 spiro atoms. The molecular formula is C39H67FO6Si2. The quantitative estimate of drug-likeness (QED) is 0.197. The summed E-state index contributed by atoms with van der Waals surface area (Å²) in [6.07, 6.45) is 3.52. The lowest BCUT2D eigenvalue weighted by atomic mass is 9.44. The summed E-state index contributed by atoms with van der Waals surface area (Å²) in [4.78, 5) is 27.3. The molecule has 2 N–H and O–H groups in total. The van der Waals surface area contributed by atoms with Crippen molar-refractivity contribution in [1.82, 2.24) is 0 Å². The van der Waals surface area contributed by atoms with E-state index in [9.17, 15) is 19.8 Å². The van der Waals surface area contributed by atoms with Gasteiger partial charge in [0.1, 0.15) is 0 Å². The molecule has 274 valence electrons. The first-order chi connectivity index (χ1) is 22.0. The molecule has 0 heterocycles. The van der Waals surface area contributed by atoms with Crippen LogP contribution in [0.5, 0.6) is 0 Å². The van der Waals surface area contributed by atoms with Crippen molar-refractivity contribution in [3.05, 3.63) is 23.8 Å². The van der Waals surface area contributed by atoms with Crippen molar-refractivity contribution in [2.45, 2.75) is 179 Å². The van der Waals surface area contributed by atoms with Crippen molar-refractivity contribution in [1.29, 1.82) is 0 Å². The van der Waals surface area contributed by atoms with E-state index in [1.54, 1.807) is 13.0 Å². The van der Waals surface area contributed by atoms with Crippen LogP contribution in [0, 0.1) is 22.7 Å². The largest absolute Gasteiger partial charge is 0.410 e. The van der Waals surface area contributed by atoms with E-state index in [-0.39, 0.29) is 52.1 Å². The van der Waals surface area contributed by atoms with E-state index in [1.807, 2.05) is 6.92 Å². The summed E-state index contributed by atoms with van der Waals surface area (Å²) >= 11 is 0. The Bertz CT molecular complexity index is 1260. The maximum atomic E-state index is 18.1. The average molecular weight is 707 g/mol. The molecule has 0 aromatic carbocycles. The lowest BCUT2D eigenvalue weighted by molar-refractivity contribution is -0.221. The zero-order valence-electron chi connectivity index (χ0n) is 32.4. The standard InChI is InChI=1S/C39H67FO6Si2/c1-23(2)47(24(3)4,25(5)6)45-22-34(43)39(44)35(46-48(26(7)8,27(9)10)28(11)12)20-32-31-16-15-29-19-30(41)17-18-36(29,13)38(31,40)33(42)21-37(32,39)14/h17-19,23-28,31-33,35,42,44H,15-16,20-22H2,1-14H3/t31-,32-,33-,35+,36-,37-,38-,39+/m0/s1. The minimum absolute atomic E-state index is 0.0852. The highest BCUT2D eigenvalue weighted by molar-refractivity contribution is 6.78. The van der Waals surface area contributed by atoms with Gasteiger partial charge in [0.15, 0.2) is 22.8 Å². The normalized spacial score (nSPS) is 37.1. The van der Waals surface area contributed by atoms with Gasteiger partial charge in [-0.1, -0.05) is 102 Å². The number of alkyl halides is 1. The zero-order chi connectivity index (χ0) is 36.6. The van der Waals surface area contributed by atoms with Crippen molar-refractivity contribution >= 4 is 28.2 Å². The molecular weight excluding hydrogens is 640 g/mol. The number of carbonyl (C=O) groups is 2. The van der Waals surface area contributed by atoms with E-state index in [1.165, 1.54) is 12.2 Å². The molecule has 0 radical (unpaired) electrons. The Kier molecular flexibility index (Phi) is 11.0. The molecule has 0 aliphatic heterocycles. The van der Waals surface area contributed by atoms with Crippen molar-refractivity contribution in [2.75, 3.05) is 6.61 Å². The first kappa shape index (κ1) is 39.8. The second-order valence-corrected chi connectivity index (χ2v) is 29.1. The highest BCUT2D eigenvalue weighted by atomic mass is 28.4. The van der Waals surface area contributed by atoms with Gasteiger partial charge in [0, 0.05) is 16.7 Å². The summed E-state index contributed by atoms with van der Waals surface area (Å²) in [7, 11) is -5.09. The Labute approximate surface area is 293 Å². The minimum atomic E-state index is -2.63. The molecule has 0 aromatic rings. The minimum Gasteiger partial charge on any atom is -0.410 e. The lowest BCUT2D eigenvalue weighted by Gasteiger charge is -2.62. The number of Topliss-reactive ketones (excluding diaryl/α,β-unsaturated/α-hetero) is 1. The van der Waals surface area contributed by atoms with Crippen LogP contribution in [0.25, 0.3) is 0 Å². The van der Waals surface area contributed by atoms with E-state index in [0.29, 0.717) is 24.8 Å². The Morgan fingerprint density at radius 3 is 1.88 bits per heavy atom. The number of fused-ring (bicyclic) bond motifs is 5. The molecule has 9 heteroatoms. The van der Waals surface area contributed by atoms with E-state index in [2.05, 4.69) is 83.1 Å². The highest BCUT2D eigenvalue weighted by Crippen LogP contribution is 2.70. The monoisotopic (exact) mass is 706 g/mol. The third kappa shape index (κ3) is 5.32. The molecule has 0 bridgehead atoms. The Morgan fingerprint density at radius 2 is 1.40 bits per heavy atom. The lowest BCUT2D eigenvalue weighted by Crippen LogP contribution is -2.70. The highest BCUT2D eigenvalue weighted by Gasteiger charge is 2.77. The van der Waals surface area contributed by atoms with Crippen LogP contribution < -0.4 is 0 Å². The summed E-state index contributed by atoms with van der Waals surface area (Å²) in [5.74, 6) is -1.62. The van der Waals surface area contributed by atoms with E-state index >= 15 is 4.39 Å². The first-order valence-electron chi connectivity index (χ1n) is 18.8. The van der Waals surface area contributed by atoms with Gasteiger partial charge in [-0.3, -0.25) is 9.59 Å². The topological polar surface area (TPSA) is 93.1 Å². The summed E-state index contributed by atoms with van der Waals surface area (Å²) in [6, 6.07) is 0. The molecule has 3 fully saturated rings. The van der Waals surface area contributed by atoms with Crippen molar-refractivity contribution in [3.8, 4) is 0 Å². The van der Waals surface area contributed by atoms with Crippen LogP contribution in [-0.2, 0) is 18.4 Å². The number of allylic oxidation sites excluding steroid dienone is 4. The molecule has 8 atom stereocenters. The van der Waals surface area contributed by atoms with Gasteiger partial charge in [-0.25, -0.2) is 4.39 Å². The Hall–Kier alpha value is -0.976. The maximum absolute atomic E-state index is 18.1. The van der Waals surface area contributed by atoms with E-state index in [0.717, 1.165) is 0 Å². The van der Waals surface area contributed by atoms with Crippen molar-refractivity contribution in [3.63, 3.8) is 0 Å². The predicted molar refractivity (Wildman–Crippen MR) is 197 cm³/mol. The van der Waals surface area contributed by atoms with Gasteiger partial charge in [-0.2, -0.15) is 0 Å². The van der Waals surface area contributed by atoms with Crippen molar-refractivity contribution in [2.24, 2.45) is 22.7 Å². The van der Waals surface area contributed by atoms with Gasteiger partial charge in [0.05, 0.1) is 18.8 Å². The smallest absolute Gasteiger partial charge is 0.200 e. The van der Waals surface area contributed by atoms with Crippen molar-refractivity contribution < 1.29 is 33.0 Å². The van der Waals surface area contributed by atoms with Crippen LogP contribution in [0.1, 0.15) is 123 Å². The second-order valence-electron chi connectivity index (χ2n) is 18.2. The molecule has 4 aliphatic carbocycles. The molecule has 6 nitrogen and oxygen atoms in total. The average Bonchev–Trinajstić information content (AvgIpc) is 3.18. The summed E-state index contributed by atoms with van der Waals surface area (Å²) in [5, 5.41) is 25.3. The number of halogens is 1. The number of hydrogen-bond acceptors (Lipinski definition) is 6. The SMILES string of the molecule is CC(C)[Si](OCC(=O)[C@@]1(O)[C@H](O[Si](C(C)C)(C(C)C)C(C)C)C[C@H]2[C@@H]3CCC4=CC(=O)C=C[C@]4(C)[C@@]3(F)[C@@H](O)C[C@@]21C)(C(C)C)C(C)C. The van der Waals surface area contributed by atoms with Gasteiger partial charge < -0.3 is 19.1 Å². The predicted octanol–water partition coefficient (Wildman–Crippen LogP) is 9.02. The third-order valence-electron chi connectivity index (χ3n) is 14.5. The van der Waals surface area contributed by atoms with Crippen LogP contribution in [-0.4, -0.2) is 68.5 Å². The Balaban J connectivity index is 1.88. The Morgan fingerprint density at radius 1 is 0.896 bits per heavy atom. The van der Waals surface area contributed by atoms with Gasteiger partial charge in [0.2, 0.25) is 16.6 Å². The number of hydrogen-bond donors (Lipinski definition) is 2. The fourth-order valence-corrected chi connectivity index (χ4v) is 23.2.